The van der Waals surface area contributed by atoms with Gasteiger partial charge in [-0.25, -0.2) is 4.98 Å². The van der Waals surface area contributed by atoms with Gasteiger partial charge in [0.05, 0.1) is 6.04 Å². The van der Waals surface area contributed by atoms with Gasteiger partial charge in [-0.15, -0.1) is 0 Å². The highest BCUT2D eigenvalue weighted by atomic mass is 16.3. The molecule has 3 aromatic rings. The van der Waals surface area contributed by atoms with Gasteiger partial charge in [0.1, 0.15) is 24.0 Å². The number of nitrogens with zero attached hydrogens (tertiary/aromatic N) is 2. The molecule has 1 amide bonds. The van der Waals surface area contributed by atoms with Gasteiger partial charge in [-0.3, -0.25) is 14.2 Å². The number of amides is 1. The van der Waals surface area contributed by atoms with Crippen molar-refractivity contribution in [1.82, 2.24) is 14.9 Å². The van der Waals surface area contributed by atoms with Crippen LogP contribution in [0.15, 0.2) is 39.8 Å². The van der Waals surface area contributed by atoms with Crippen LogP contribution in [-0.2, 0) is 17.8 Å². The molecule has 4 rings (SSSR count). The molecular weight excluding hydrogens is 330 g/mol. The highest BCUT2D eigenvalue weighted by Crippen LogP contribution is 2.29. The summed E-state index contributed by atoms with van der Waals surface area (Å²) in [6.07, 6.45) is 4.38. The van der Waals surface area contributed by atoms with Gasteiger partial charge in [0.2, 0.25) is 11.6 Å². The summed E-state index contributed by atoms with van der Waals surface area (Å²) in [6.45, 7) is 3.58. The highest BCUT2D eigenvalue weighted by molar-refractivity contribution is 5.79. The summed E-state index contributed by atoms with van der Waals surface area (Å²) in [4.78, 5) is 29.4. The van der Waals surface area contributed by atoms with Crippen LogP contribution in [0.2, 0.25) is 0 Å². The number of nitrogens with one attached hydrogen (secondary N) is 1. The smallest absolute Gasteiger partial charge is 0.265 e. The van der Waals surface area contributed by atoms with E-state index < -0.39 is 0 Å². The molecule has 0 saturated heterocycles. The normalized spacial score (nSPS) is 16.5. The summed E-state index contributed by atoms with van der Waals surface area (Å²) in [6, 6.07) is 8.20. The van der Waals surface area contributed by atoms with Crippen LogP contribution in [0.25, 0.3) is 11.1 Å². The lowest BCUT2D eigenvalue weighted by Crippen LogP contribution is -2.36. The van der Waals surface area contributed by atoms with Crippen LogP contribution >= 0.6 is 0 Å². The Morgan fingerprint density at radius 3 is 3.00 bits per heavy atom. The minimum atomic E-state index is -0.247. The number of carbonyl (C=O) groups excluding carboxylic acids is 1. The van der Waals surface area contributed by atoms with Crippen LogP contribution in [0.1, 0.15) is 41.3 Å². The molecule has 134 valence electrons. The van der Waals surface area contributed by atoms with Crippen molar-refractivity contribution in [1.29, 1.82) is 0 Å². The molecule has 1 N–H and O–H groups in total. The molecule has 26 heavy (non-hydrogen) atoms. The lowest BCUT2D eigenvalue weighted by atomic mass is 9.88. The Bertz CT molecular complexity index is 1050. The number of aryl methyl sites for hydroxylation is 3. The molecule has 1 unspecified atom stereocenters. The lowest BCUT2D eigenvalue weighted by molar-refractivity contribution is -0.122. The summed E-state index contributed by atoms with van der Waals surface area (Å²) < 4.78 is 6.82. The molecule has 1 atom stereocenters. The zero-order valence-corrected chi connectivity index (χ0v) is 14.9. The van der Waals surface area contributed by atoms with Gasteiger partial charge < -0.3 is 9.73 Å². The van der Waals surface area contributed by atoms with Crippen molar-refractivity contribution < 1.29 is 9.21 Å². The third-order valence-electron chi connectivity index (χ3n) is 5.17. The Morgan fingerprint density at radius 2 is 2.15 bits per heavy atom. The first-order valence-electron chi connectivity index (χ1n) is 8.87. The average molecular weight is 351 g/mol. The second-order valence-corrected chi connectivity index (χ2v) is 6.85. The topological polar surface area (TPSA) is 77.1 Å². The van der Waals surface area contributed by atoms with Gasteiger partial charge in [0, 0.05) is 5.56 Å². The van der Waals surface area contributed by atoms with E-state index in [0.29, 0.717) is 16.9 Å². The van der Waals surface area contributed by atoms with Crippen molar-refractivity contribution in [3.63, 3.8) is 0 Å². The maximum Gasteiger partial charge on any atom is 0.265 e. The molecule has 6 nitrogen and oxygen atoms in total. The molecule has 1 aliphatic rings. The molecule has 0 spiro atoms. The first-order chi connectivity index (χ1) is 12.5. The Balaban J connectivity index is 1.56. The van der Waals surface area contributed by atoms with Crippen molar-refractivity contribution in [3.8, 4) is 0 Å². The highest BCUT2D eigenvalue weighted by Gasteiger charge is 2.22. The average Bonchev–Trinajstić information content (AvgIpc) is 2.93. The molecular formula is C20H21N3O3. The van der Waals surface area contributed by atoms with Crippen LogP contribution in [0.3, 0.4) is 0 Å². The number of hydrogen-bond donors (Lipinski definition) is 1. The number of benzene rings is 1. The maximum atomic E-state index is 12.7. The number of carbonyl (C=O) groups is 1. The molecule has 1 aromatic carbocycles. The van der Waals surface area contributed by atoms with Crippen molar-refractivity contribution >= 4 is 17.0 Å². The molecule has 0 fully saturated rings. The summed E-state index contributed by atoms with van der Waals surface area (Å²) in [5.74, 6) is 0.485. The SMILES string of the molecule is Cc1oc2ncn(CC(=O)NC3CCCc4ccccc43)c(=O)c2c1C. The van der Waals surface area contributed by atoms with Gasteiger partial charge in [-0.1, -0.05) is 24.3 Å². The lowest BCUT2D eigenvalue weighted by Gasteiger charge is -2.26. The predicted molar refractivity (Wildman–Crippen MR) is 98.0 cm³/mol. The van der Waals surface area contributed by atoms with Crippen LogP contribution in [0.4, 0.5) is 0 Å². The van der Waals surface area contributed by atoms with Gasteiger partial charge in [-0.05, 0) is 44.2 Å². The molecule has 1 aliphatic carbocycles. The molecule has 0 bridgehead atoms. The molecule has 2 aromatic heterocycles. The zero-order chi connectivity index (χ0) is 18.3. The van der Waals surface area contributed by atoms with E-state index in [1.54, 1.807) is 6.92 Å². The summed E-state index contributed by atoms with van der Waals surface area (Å²) in [5.41, 5.74) is 3.31. The molecule has 0 radical (unpaired) electrons. The number of rotatable bonds is 3. The third kappa shape index (κ3) is 2.81. The van der Waals surface area contributed by atoms with Crippen LogP contribution in [-0.4, -0.2) is 15.5 Å². The standard InChI is InChI=1S/C20H21N3O3/c1-12-13(2)26-19-18(12)20(25)23(11-21-19)10-17(24)22-16-9-5-7-14-6-3-4-8-15(14)16/h3-4,6,8,11,16H,5,7,9-10H2,1-2H3,(H,22,24). The minimum absolute atomic E-state index is 0.00209. The molecule has 2 heterocycles. The van der Waals surface area contributed by atoms with Gasteiger partial charge >= 0.3 is 0 Å². The quantitative estimate of drug-likeness (QED) is 0.787. The van der Waals surface area contributed by atoms with E-state index in [9.17, 15) is 9.59 Å². The number of hydrogen-bond acceptors (Lipinski definition) is 4. The van der Waals surface area contributed by atoms with Gasteiger partial charge in [-0.2, -0.15) is 0 Å². The van der Waals surface area contributed by atoms with Crippen molar-refractivity contribution in [2.45, 2.75) is 45.7 Å². The molecule has 0 saturated carbocycles. The zero-order valence-electron chi connectivity index (χ0n) is 14.9. The molecule has 0 aliphatic heterocycles. The van der Waals surface area contributed by atoms with E-state index in [4.69, 9.17) is 4.42 Å². The summed E-state index contributed by atoms with van der Waals surface area (Å²) in [5, 5.41) is 3.51. The minimum Gasteiger partial charge on any atom is -0.443 e. The first kappa shape index (κ1) is 16.6. The second-order valence-electron chi connectivity index (χ2n) is 6.85. The Kier molecular flexibility index (Phi) is 4.11. The van der Waals surface area contributed by atoms with Crippen LogP contribution in [0.5, 0.6) is 0 Å². The first-order valence-corrected chi connectivity index (χ1v) is 8.87. The number of aromatic nitrogens is 2. The Hall–Kier alpha value is -2.89. The van der Waals surface area contributed by atoms with Crippen molar-refractivity contribution in [2.24, 2.45) is 0 Å². The van der Waals surface area contributed by atoms with E-state index >= 15 is 0 Å². The fourth-order valence-corrected chi connectivity index (χ4v) is 3.68. The molecule has 6 heteroatoms. The van der Waals surface area contributed by atoms with E-state index in [0.717, 1.165) is 24.8 Å². The fourth-order valence-electron chi connectivity index (χ4n) is 3.68. The van der Waals surface area contributed by atoms with Gasteiger partial charge in [0.25, 0.3) is 5.56 Å². The second kappa shape index (κ2) is 6.44. The van der Waals surface area contributed by atoms with Crippen molar-refractivity contribution in [2.75, 3.05) is 0 Å². The van der Waals surface area contributed by atoms with E-state index in [1.807, 2.05) is 19.1 Å². The summed E-state index contributed by atoms with van der Waals surface area (Å²) >= 11 is 0. The van der Waals surface area contributed by atoms with E-state index in [2.05, 4.69) is 22.4 Å². The maximum absolute atomic E-state index is 12.7. The fraction of sp³-hybridized carbons (Fsp3) is 0.350. The third-order valence-corrected chi connectivity index (χ3v) is 5.17. The van der Waals surface area contributed by atoms with E-state index in [-0.39, 0.29) is 24.1 Å². The largest absolute Gasteiger partial charge is 0.443 e. The number of furan rings is 1. The van der Waals surface area contributed by atoms with Crippen molar-refractivity contribution in [3.05, 3.63) is 63.4 Å². The summed E-state index contributed by atoms with van der Waals surface area (Å²) in [7, 11) is 0. The van der Waals surface area contributed by atoms with E-state index in [1.165, 1.54) is 22.0 Å². The van der Waals surface area contributed by atoms with Gasteiger partial charge in [0.15, 0.2) is 0 Å². The monoisotopic (exact) mass is 351 g/mol. The predicted octanol–water partition coefficient (Wildman–Crippen LogP) is 2.80. The Morgan fingerprint density at radius 1 is 1.35 bits per heavy atom. The Labute approximate surface area is 150 Å². The van der Waals surface area contributed by atoms with Crippen LogP contribution in [0, 0.1) is 13.8 Å². The van der Waals surface area contributed by atoms with Crippen LogP contribution < -0.4 is 10.9 Å². The number of fused-ring (bicyclic) bond motifs is 2.